The summed E-state index contributed by atoms with van der Waals surface area (Å²) in [7, 11) is -4.03. The maximum Gasteiger partial charge on any atom is 0.261 e. The molecule has 1 saturated heterocycles. The third-order valence-electron chi connectivity index (χ3n) is 4.94. The average Bonchev–Trinajstić information content (AvgIpc) is 2.81. The number of carbonyl (C=O) groups is 1. The summed E-state index contributed by atoms with van der Waals surface area (Å²) in [4.78, 5) is 19.0. The number of amides is 1. The van der Waals surface area contributed by atoms with Crippen molar-refractivity contribution in [2.45, 2.75) is 4.90 Å². The SMILES string of the molecule is O=C(Nc1ccc(N2CCOCC2)nc1)c1ccc(Cl)c(NS(=O)(=O)c2ccc(F)cc2)c1. The van der Waals surface area contributed by atoms with Gasteiger partial charge in [0.05, 0.1) is 40.7 Å². The molecule has 2 aromatic carbocycles. The largest absolute Gasteiger partial charge is 0.378 e. The van der Waals surface area contributed by atoms with Gasteiger partial charge in [0.2, 0.25) is 0 Å². The minimum absolute atomic E-state index is 0.0226. The summed E-state index contributed by atoms with van der Waals surface area (Å²) < 4.78 is 46.0. The Labute approximate surface area is 195 Å². The van der Waals surface area contributed by atoms with E-state index in [0.29, 0.717) is 18.9 Å². The number of anilines is 3. The maximum absolute atomic E-state index is 13.1. The number of hydrogen-bond acceptors (Lipinski definition) is 6. The molecule has 0 radical (unpaired) electrons. The second-order valence-electron chi connectivity index (χ2n) is 7.21. The number of carbonyl (C=O) groups excluding carboxylic acids is 1. The van der Waals surface area contributed by atoms with Crippen molar-refractivity contribution in [2.75, 3.05) is 41.2 Å². The molecule has 172 valence electrons. The predicted octanol–water partition coefficient (Wildman–Crippen LogP) is 3.76. The number of hydrogen-bond donors (Lipinski definition) is 2. The van der Waals surface area contributed by atoms with Gasteiger partial charge in [-0.2, -0.15) is 0 Å². The van der Waals surface area contributed by atoms with E-state index in [-0.39, 0.29) is 21.2 Å². The van der Waals surface area contributed by atoms with Crippen molar-refractivity contribution in [3.05, 3.63) is 77.2 Å². The Kier molecular flexibility index (Phi) is 6.77. The van der Waals surface area contributed by atoms with E-state index in [4.69, 9.17) is 16.3 Å². The van der Waals surface area contributed by atoms with E-state index in [0.717, 1.165) is 43.2 Å². The first-order valence-electron chi connectivity index (χ1n) is 10.00. The van der Waals surface area contributed by atoms with E-state index in [1.54, 1.807) is 12.3 Å². The fourth-order valence-corrected chi connectivity index (χ4v) is 4.50. The van der Waals surface area contributed by atoms with Crippen LogP contribution in [0.2, 0.25) is 5.02 Å². The molecule has 1 fully saturated rings. The molecular formula is C22H20ClFN4O4S. The molecule has 1 aromatic heterocycles. The number of aromatic nitrogens is 1. The third kappa shape index (κ3) is 5.59. The van der Waals surface area contributed by atoms with E-state index >= 15 is 0 Å². The Hall–Kier alpha value is -3.21. The lowest BCUT2D eigenvalue weighted by Crippen LogP contribution is -2.36. The molecule has 4 rings (SSSR count). The van der Waals surface area contributed by atoms with Crippen LogP contribution >= 0.6 is 11.6 Å². The number of halogens is 2. The van der Waals surface area contributed by atoms with Crippen molar-refractivity contribution in [1.29, 1.82) is 0 Å². The molecule has 2 heterocycles. The highest BCUT2D eigenvalue weighted by atomic mass is 35.5. The van der Waals surface area contributed by atoms with Crippen LogP contribution in [-0.2, 0) is 14.8 Å². The zero-order chi connectivity index (χ0) is 23.4. The number of nitrogens with zero attached hydrogens (tertiary/aromatic N) is 2. The fourth-order valence-electron chi connectivity index (χ4n) is 3.20. The van der Waals surface area contributed by atoms with E-state index in [2.05, 4.69) is 19.9 Å². The lowest BCUT2D eigenvalue weighted by atomic mass is 10.2. The van der Waals surface area contributed by atoms with Gasteiger partial charge in [-0.05, 0) is 54.6 Å². The Bertz CT molecular complexity index is 1250. The maximum atomic E-state index is 13.1. The van der Waals surface area contributed by atoms with Gasteiger partial charge in [0.15, 0.2) is 0 Å². The molecule has 8 nitrogen and oxygen atoms in total. The summed E-state index contributed by atoms with van der Waals surface area (Å²) in [5.74, 6) is -0.229. The van der Waals surface area contributed by atoms with Crippen LogP contribution in [0.3, 0.4) is 0 Å². The van der Waals surface area contributed by atoms with Crippen LogP contribution < -0.4 is 14.9 Å². The van der Waals surface area contributed by atoms with Gasteiger partial charge < -0.3 is 15.0 Å². The molecule has 3 aromatic rings. The van der Waals surface area contributed by atoms with Crippen molar-refractivity contribution in [1.82, 2.24) is 4.98 Å². The van der Waals surface area contributed by atoms with Gasteiger partial charge in [-0.3, -0.25) is 9.52 Å². The lowest BCUT2D eigenvalue weighted by Gasteiger charge is -2.27. The van der Waals surface area contributed by atoms with Crippen molar-refractivity contribution in [3.8, 4) is 0 Å². The van der Waals surface area contributed by atoms with Crippen LogP contribution in [0.25, 0.3) is 0 Å². The van der Waals surface area contributed by atoms with E-state index in [1.807, 2.05) is 6.07 Å². The van der Waals surface area contributed by atoms with Gasteiger partial charge in [0.1, 0.15) is 11.6 Å². The zero-order valence-electron chi connectivity index (χ0n) is 17.3. The Morgan fingerprint density at radius 3 is 2.45 bits per heavy atom. The minimum atomic E-state index is -4.03. The summed E-state index contributed by atoms with van der Waals surface area (Å²) in [6.45, 7) is 2.79. The number of morpholine rings is 1. The first kappa shape index (κ1) is 23.0. The predicted molar refractivity (Wildman–Crippen MR) is 124 cm³/mol. The smallest absolute Gasteiger partial charge is 0.261 e. The third-order valence-corrected chi connectivity index (χ3v) is 6.65. The number of sulfonamides is 1. The van der Waals surface area contributed by atoms with Crippen molar-refractivity contribution >= 4 is 44.7 Å². The molecule has 11 heteroatoms. The minimum Gasteiger partial charge on any atom is -0.378 e. The van der Waals surface area contributed by atoms with Crippen LogP contribution in [0.5, 0.6) is 0 Å². The molecule has 0 bridgehead atoms. The van der Waals surface area contributed by atoms with Gasteiger partial charge in [-0.15, -0.1) is 0 Å². The molecule has 1 aliphatic rings. The van der Waals surface area contributed by atoms with Gasteiger partial charge in [-0.25, -0.2) is 17.8 Å². The number of rotatable bonds is 6. The Morgan fingerprint density at radius 2 is 1.79 bits per heavy atom. The first-order valence-corrected chi connectivity index (χ1v) is 11.9. The molecule has 0 aliphatic carbocycles. The van der Waals surface area contributed by atoms with Crippen molar-refractivity contribution in [3.63, 3.8) is 0 Å². The standard InChI is InChI=1S/C22H20ClFN4O4S/c23-19-7-1-15(13-20(19)27-33(30,31)18-5-2-16(24)3-6-18)22(29)26-17-4-8-21(25-14-17)28-9-11-32-12-10-28/h1-8,13-14,27H,9-12H2,(H,26,29). The zero-order valence-corrected chi connectivity index (χ0v) is 18.9. The number of ether oxygens (including phenoxy) is 1. The summed E-state index contributed by atoms with van der Waals surface area (Å²) in [5.41, 5.74) is 0.697. The molecule has 0 spiro atoms. The van der Waals surface area contributed by atoms with Crippen LogP contribution in [-0.4, -0.2) is 45.6 Å². The lowest BCUT2D eigenvalue weighted by molar-refractivity contribution is 0.102. The molecule has 1 aliphatic heterocycles. The van der Waals surface area contributed by atoms with Gasteiger partial charge in [0.25, 0.3) is 15.9 Å². The molecular weight excluding hydrogens is 471 g/mol. The number of benzene rings is 2. The average molecular weight is 491 g/mol. The van der Waals surface area contributed by atoms with Crippen LogP contribution in [0.4, 0.5) is 21.6 Å². The van der Waals surface area contributed by atoms with Crippen molar-refractivity contribution < 1.29 is 22.3 Å². The van der Waals surface area contributed by atoms with E-state index in [1.165, 1.54) is 18.2 Å². The van der Waals surface area contributed by atoms with E-state index in [9.17, 15) is 17.6 Å². The highest BCUT2D eigenvalue weighted by Gasteiger charge is 2.18. The number of pyridine rings is 1. The topological polar surface area (TPSA) is 101 Å². The highest BCUT2D eigenvalue weighted by molar-refractivity contribution is 7.92. The Balaban J connectivity index is 1.47. The summed E-state index contributed by atoms with van der Waals surface area (Å²) in [6.07, 6.45) is 1.55. The molecule has 0 atom stereocenters. The van der Waals surface area contributed by atoms with Crippen LogP contribution in [0, 0.1) is 5.82 Å². The number of nitrogens with one attached hydrogen (secondary N) is 2. The second-order valence-corrected chi connectivity index (χ2v) is 9.30. The monoisotopic (exact) mass is 490 g/mol. The highest BCUT2D eigenvalue weighted by Crippen LogP contribution is 2.26. The normalized spacial score (nSPS) is 14.1. The summed E-state index contributed by atoms with van der Waals surface area (Å²) in [5, 5.41) is 2.83. The first-order chi connectivity index (χ1) is 15.8. The molecule has 0 saturated carbocycles. The summed E-state index contributed by atoms with van der Waals surface area (Å²) in [6, 6.07) is 12.1. The fraction of sp³-hybridized carbons (Fsp3) is 0.182. The molecule has 1 amide bonds. The van der Waals surface area contributed by atoms with Crippen LogP contribution in [0.15, 0.2) is 65.7 Å². The molecule has 33 heavy (non-hydrogen) atoms. The quantitative estimate of drug-likeness (QED) is 0.545. The van der Waals surface area contributed by atoms with Gasteiger partial charge in [-0.1, -0.05) is 11.6 Å². The molecule has 2 N–H and O–H groups in total. The summed E-state index contributed by atoms with van der Waals surface area (Å²) >= 11 is 6.13. The molecule has 0 unspecified atom stereocenters. The van der Waals surface area contributed by atoms with Gasteiger partial charge >= 0.3 is 0 Å². The Morgan fingerprint density at radius 1 is 1.06 bits per heavy atom. The van der Waals surface area contributed by atoms with Crippen LogP contribution in [0.1, 0.15) is 10.4 Å². The van der Waals surface area contributed by atoms with E-state index < -0.39 is 21.7 Å². The van der Waals surface area contributed by atoms with Gasteiger partial charge in [0, 0.05) is 18.7 Å². The van der Waals surface area contributed by atoms with Crippen molar-refractivity contribution in [2.24, 2.45) is 0 Å². The second kappa shape index (κ2) is 9.74.